The zero-order valence-electron chi connectivity index (χ0n) is 10.3. The standard InChI is InChI=1S/C10H12FN3O5S/c1-5(9(15)14-10(12)16)19-8-3-2-6(4-7(8)11)20(13,17)18/h2-5H,1H3,(H2,13,17,18)(H3,12,14,15,16). The lowest BCUT2D eigenvalue weighted by Gasteiger charge is -2.14. The van der Waals surface area contributed by atoms with Crippen LogP contribution in [0.2, 0.25) is 0 Å². The van der Waals surface area contributed by atoms with Crippen LogP contribution in [-0.4, -0.2) is 26.5 Å². The van der Waals surface area contributed by atoms with Crippen LogP contribution in [0.4, 0.5) is 9.18 Å². The zero-order valence-corrected chi connectivity index (χ0v) is 11.1. The minimum atomic E-state index is -4.04. The van der Waals surface area contributed by atoms with Crippen molar-refractivity contribution in [1.82, 2.24) is 5.32 Å². The van der Waals surface area contributed by atoms with Crippen LogP contribution >= 0.6 is 0 Å². The lowest BCUT2D eigenvalue weighted by molar-refractivity contribution is -0.126. The Morgan fingerprint density at radius 2 is 2.00 bits per heavy atom. The molecule has 0 heterocycles. The van der Waals surface area contributed by atoms with Crippen molar-refractivity contribution in [3.63, 3.8) is 0 Å². The summed E-state index contributed by atoms with van der Waals surface area (Å²) in [5, 5.41) is 6.58. The summed E-state index contributed by atoms with van der Waals surface area (Å²) < 4.78 is 40.5. The van der Waals surface area contributed by atoms with Crippen LogP contribution in [0.1, 0.15) is 6.92 Å². The van der Waals surface area contributed by atoms with E-state index in [1.54, 1.807) is 5.32 Å². The minimum absolute atomic E-state index is 0.371. The number of ether oxygens (including phenoxy) is 1. The molecular formula is C10H12FN3O5S. The van der Waals surface area contributed by atoms with Gasteiger partial charge in [0.2, 0.25) is 10.0 Å². The normalized spacial score (nSPS) is 12.6. The van der Waals surface area contributed by atoms with Gasteiger partial charge < -0.3 is 10.5 Å². The smallest absolute Gasteiger partial charge is 0.318 e. The summed E-state index contributed by atoms with van der Waals surface area (Å²) in [6, 6.07) is 1.61. The molecular weight excluding hydrogens is 293 g/mol. The van der Waals surface area contributed by atoms with E-state index in [1.807, 2.05) is 0 Å². The lowest BCUT2D eigenvalue weighted by Crippen LogP contribution is -2.42. The average molecular weight is 305 g/mol. The highest BCUT2D eigenvalue weighted by molar-refractivity contribution is 7.89. The van der Waals surface area contributed by atoms with Crippen molar-refractivity contribution in [2.75, 3.05) is 0 Å². The molecule has 0 radical (unpaired) electrons. The first kappa shape index (κ1) is 15.9. The number of rotatable bonds is 4. The van der Waals surface area contributed by atoms with E-state index in [4.69, 9.17) is 15.6 Å². The lowest BCUT2D eigenvalue weighted by atomic mass is 10.3. The first-order valence-electron chi connectivity index (χ1n) is 5.20. The van der Waals surface area contributed by atoms with Crippen LogP contribution < -0.4 is 20.9 Å². The highest BCUT2D eigenvalue weighted by Crippen LogP contribution is 2.21. The van der Waals surface area contributed by atoms with Crippen LogP contribution in [0.15, 0.2) is 23.1 Å². The number of nitrogens with two attached hydrogens (primary N) is 2. The Kier molecular flexibility index (Phi) is 4.63. The number of primary amides is 1. The fraction of sp³-hybridized carbons (Fsp3) is 0.200. The number of benzene rings is 1. The second-order valence-electron chi connectivity index (χ2n) is 3.75. The molecule has 0 aliphatic heterocycles. The van der Waals surface area contributed by atoms with Crippen molar-refractivity contribution in [3.05, 3.63) is 24.0 Å². The second kappa shape index (κ2) is 5.84. The molecule has 0 aliphatic carbocycles. The number of hydrogen-bond donors (Lipinski definition) is 3. The topological polar surface area (TPSA) is 142 Å². The number of amides is 3. The Bertz CT molecular complexity index is 646. The van der Waals surface area contributed by atoms with Gasteiger partial charge >= 0.3 is 6.03 Å². The van der Waals surface area contributed by atoms with Crippen LogP contribution in [-0.2, 0) is 14.8 Å². The Morgan fingerprint density at radius 3 is 2.45 bits per heavy atom. The first-order valence-corrected chi connectivity index (χ1v) is 6.75. The van der Waals surface area contributed by atoms with Gasteiger partial charge in [-0.15, -0.1) is 0 Å². The van der Waals surface area contributed by atoms with Gasteiger partial charge in [0.25, 0.3) is 5.91 Å². The number of sulfonamides is 1. The maximum Gasteiger partial charge on any atom is 0.318 e. The van der Waals surface area contributed by atoms with Crippen molar-refractivity contribution in [3.8, 4) is 5.75 Å². The number of halogens is 1. The van der Waals surface area contributed by atoms with Gasteiger partial charge in [-0.05, 0) is 25.1 Å². The molecule has 0 aliphatic rings. The van der Waals surface area contributed by atoms with E-state index in [0.717, 1.165) is 12.1 Å². The largest absolute Gasteiger partial charge is 0.478 e. The van der Waals surface area contributed by atoms with E-state index in [-0.39, 0.29) is 5.75 Å². The van der Waals surface area contributed by atoms with Gasteiger partial charge in [-0.2, -0.15) is 0 Å². The third-order valence-corrected chi connectivity index (χ3v) is 3.06. The number of hydrogen-bond acceptors (Lipinski definition) is 5. The average Bonchev–Trinajstić information content (AvgIpc) is 2.29. The van der Waals surface area contributed by atoms with Crippen LogP contribution in [0, 0.1) is 5.82 Å². The number of nitrogens with one attached hydrogen (secondary N) is 1. The van der Waals surface area contributed by atoms with Crippen molar-refractivity contribution < 1.29 is 27.1 Å². The molecule has 10 heteroatoms. The molecule has 1 unspecified atom stereocenters. The van der Waals surface area contributed by atoms with E-state index < -0.39 is 38.8 Å². The first-order chi connectivity index (χ1) is 9.11. The van der Waals surface area contributed by atoms with Gasteiger partial charge in [-0.3, -0.25) is 10.1 Å². The Morgan fingerprint density at radius 1 is 1.40 bits per heavy atom. The van der Waals surface area contributed by atoms with E-state index in [1.165, 1.54) is 6.92 Å². The molecule has 3 amide bonds. The highest BCUT2D eigenvalue weighted by atomic mass is 32.2. The quantitative estimate of drug-likeness (QED) is 0.683. The number of carbonyl (C=O) groups excluding carboxylic acids is 2. The molecule has 5 N–H and O–H groups in total. The van der Waals surface area contributed by atoms with Gasteiger partial charge in [-0.25, -0.2) is 22.7 Å². The van der Waals surface area contributed by atoms with Crippen molar-refractivity contribution in [2.45, 2.75) is 17.9 Å². The van der Waals surface area contributed by atoms with Crippen molar-refractivity contribution in [1.29, 1.82) is 0 Å². The molecule has 0 spiro atoms. The fourth-order valence-electron chi connectivity index (χ4n) is 1.22. The molecule has 0 saturated heterocycles. The van der Waals surface area contributed by atoms with Crippen LogP contribution in [0.3, 0.4) is 0 Å². The van der Waals surface area contributed by atoms with Gasteiger partial charge in [-0.1, -0.05) is 0 Å². The fourth-order valence-corrected chi connectivity index (χ4v) is 1.75. The minimum Gasteiger partial charge on any atom is -0.478 e. The molecule has 0 bridgehead atoms. The Labute approximate surface area is 113 Å². The molecule has 1 aromatic carbocycles. The van der Waals surface area contributed by atoms with Crippen molar-refractivity contribution >= 4 is 22.0 Å². The predicted octanol–water partition coefficient (Wildman–Crippen LogP) is -0.565. The molecule has 20 heavy (non-hydrogen) atoms. The Hall–Kier alpha value is -2.20. The molecule has 8 nitrogen and oxygen atoms in total. The summed E-state index contributed by atoms with van der Waals surface area (Å²) in [5.41, 5.74) is 4.74. The summed E-state index contributed by atoms with van der Waals surface area (Å²) in [6.07, 6.45) is -1.21. The van der Waals surface area contributed by atoms with E-state index in [2.05, 4.69) is 0 Å². The highest BCUT2D eigenvalue weighted by Gasteiger charge is 2.19. The van der Waals surface area contributed by atoms with E-state index in [0.29, 0.717) is 6.07 Å². The third kappa shape index (κ3) is 4.17. The molecule has 0 aromatic heterocycles. The number of carbonyl (C=O) groups is 2. The SMILES string of the molecule is CC(Oc1ccc(S(N)(=O)=O)cc1F)C(=O)NC(N)=O. The number of urea groups is 1. The van der Waals surface area contributed by atoms with Crippen LogP contribution in [0.5, 0.6) is 5.75 Å². The summed E-state index contributed by atoms with van der Waals surface area (Å²) >= 11 is 0. The number of primary sulfonamides is 1. The monoisotopic (exact) mass is 305 g/mol. The van der Waals surface area contributed by atoms with Gasteiger partial charge in [0.15, 0.2) is 17.7 Å². The zero-order chi connectivity index (χ0) is 15.5. The second-order valence-corrected chi connectivity index (χ2v) is 5.31. The Balaban J connectivity index is 2.89. The van der Waals surface area contributed by atoms with Gasteiger partial charge in [0.1, 0.15) is 0 Å². The molecule has 1 rings (SSSR count). The van der Waals surface area contributed by atoms with Crippen molar-refractivity contribution in [2.24, 2.45) is 10.9 Å². The molecule has 1 aromatic rings. The third-order valence-electron chi connectivity index (χ3n) is 2.15. The maximum atomic E-state index is 13.6. The molecule has 110 valence electrons. The van der Waals surface area contributed by atoms with Crippen LogP contribution in [0.25, 0.3) is 0 Å². The number of imide groups is 1. The van der Waals surface area contributed by atoms with E-state index >= 15 is 0 Å². The molecule has 0 saturated carbocycles. The van der Waals surface area contributed by atoms with Gasteiger partial charge in [0.05, 0.1) is 4.90 Å². The molecule has 0 fully saturated rings. The maximum absolute atomic E-state index is 13.6. The van der Waals surface area contributed by atoms with E-state index in [9.17, 15) is 22.4 Å². The summed E-state index contributed by atoms with van der Waals surface area (Å²) in [4.78, 5) is 21.4. The predicted molar refractivity (Wildman–Crippen MR) is 65.6 cm³/mol. The summed E-state index contributed by atoms with van der Waals surface area (Å²) in [6.45, 7) is 1.26. The summed E-state index contributed by atoms with van der Waals surface area (Å²) in [7, 11) is -4.04. The summed E-state index contributed by atoms with van der Waals surface area (Å²) in [5.74, 6) is -2.26. The molecule has 1 atom stereocenters. The van der Waals surface area contributed by atoms with Gasteiger partial charge in [0, 0.05) is 0 Å².